The molecule has 0 radical (unpaired) electrons. The van der Waals surface area contributed by atoms with E-state index in [0.717, 1.165) is 12.1 Å². The quantitative estimate of drug-likeness (QED) is 0.122. The second-order valence-corrected chi connectivity index (χ2v) is 13.9. The summed E-state index contributed by atoms with van der Waals surface area (Å²) < 4.78 is 58.0. The SMILES string of the molecule is CCN[C@H]1[C@@H](OC)O[C@H](COP(=O)(O)OC[C@@H]2Oc3ccc([C@H]4Oc5cc(O)cc(O)c5C(=O)[C@@H]4O)cc3O[C@H]2c2ccc(O)c(OC)c2)[C@@H](O)[C@@H]1O. The molecule has 0 spiro atoms. The fraction of sp³-hybridized carbons (Fsp3) is 0.441. The van der Waals surface area contributed by atoms with Gasteiger partial charge in [0, 0.05) is 24.8 Å². The highest BCUT2D eigenvalue weighted by Gasteiger charge is 2.46. The fourth-order valence-electron chi connectivity index (χ4n) is 6.36. The number of Topliss-reactive ketones (excluding diaryl/α,β-unsaturated/α-hetero) is 1. The molecule has 1 saturated heterocycles. The third-order valence-corrected chi connectivity index (χ3v) is 9.95. The van der Waals surface area contributed by atoms with Crippen molar-refractivity contribution >= 4 is 13.6 Å². The molecule has 0 bridgehead atoms. The lowest BCUT2D eigenvalue weighted by atomic mass is 9.92. The lowest BCUT2D eigenvalue weighted by Crippen LogP contribution is -2.63. The van der Waals surface area contributed by atoms with Crippen LogP contribution in [-0.2, 0) is 23.1 Å². The highest BCUT2D eigenvalue weighted by atomic mass is 31.2. The van der Waals surface area contributed by atoms with E-state index < -0.39 is 87.6 Å². The van der Waals surface area contributed by atoms with E-state index in [-0.39, 0.29) is 45.6 Å². The van der Waals surface area contributed by atoms with Gasteiger partial charge in [0.15, 0.2) is 53.7 Å². The maximum absolute atomic E-state index is 13.1. The molecule has 3 aliphatic rings. The van der Waals surface area contributed by atoms with E-state index in [9.17, 15) is 44.9 Å². The number of phenols is 3. The molecule has 288 valence electrons. The number of carbonyl (C=O) groups is 1. The number of hydrogen-bond acceptors (Lipinski definition) is 17. The number of aromatic hydroxyl groups is 3. The molecular formula is C34H40NO17P. The van der Waals surface area contributed by atoms with Gasteiger partial charge >= 0.3 is 7.82 Å². The second kappa shape index (κ2) is 15.6. The molecule has 18 nitrogen and oxygen atoms in total. The number of ether oxygens (including phenoxy) is 6. The zero-order valence-corrected chi connectivity index (χ0v) is 29.5. The molecule has 8 N–H and O–H groups in total. The highest BCUT2D eigenvalue weighted by molar-refractivity contribution is 7.47. The van der Waals surface area contributed by atoms with Gasteiger partial charge < -0.3 is 69.3 Å². The van der Waals surface area contributed by atoms with E-state index >= 15 is 0 Å². The normalized spacial score (nSPS) is 29.1. The summed E-state index contributed by atoms with van der Waals surface area (Å²) in [4.78, 5) is 23.6. The van der Waals surface area contributed by atoms with Crippen molar-refractivity contribution in [3.8, 4) is 40.2 Å². The van der Waals surface area contributed by atoms with Crippen LogP contribution in [0.1, 0.15) is 40.6 Å². The summed E-state index contributed by atoms with van der Waals surface area (Å²) in [6.07, 6.45) is -10.3. The number of methoxy groups -OCH3 is 2. The summed E-state index contributed by atoms with van der Waals surface area (Å²) in [5, 5.41) is 65.4. The van der Waals surface area contributed by atoms with Crippen LogP contribution in [0.15, 0.2) is 48.5 Å². The molecule has 3 aromatic rings. The third kappa shape index (κ3) is 7.88. The number of fused-ring (bicyclic) bond motifs is 2. The number of phosphoric ester groups is 1. The van der Waals surface area contributed by atoms with Gasteiger partial charge in [-0.15, -0.1) is 0 Å². The van der Waals surface area contributed by atoms with Gasteiger partial charge in [-0.3, -0.25) is 13.8 Å². The van der Waals surface area contributed by atoms with E-state index in [0.29, 0.717) is 12.1 Å². The summed E-state index contributed by atoms with van der Waals surface area (Å²) in [7, 11) is -2.18. The van der Waals surface area contributed by atoms with Gasteiger partial charge in [-0.05, 0) is 36.4 Å². The predicted octanol–water partition coefficient (Wildman–Crippen LogP) is 1.58. The predicted molar refractivity (Wildman–Crippen MR) is 179 cm³/mol. The lowest BCUT2D eigenvalue weighted by molar-refractivity contribution is -0.262. The molecule has 10 atom stereocenters. The number of phosphoric acid groups is 1. The van der Waals surface area contributed by atoms with Crippen LogP contribution in [0, 0.1) is 0 Å². The Balaban J connectivity index is 1.21. The molecule has 3 aliphatic heterocycles. The van der Waals surface area contributed by atoms with Crippen LogP contribution in [0.4, 0.5) is 0 Å². The Labute approximate surface area is 302 Å². The molecule has 53 heavy (non-hydrogen) atoms. The first-order valence-electron chi connectivity index (χ1n) is 16.4. The summed E-state index contributed by atoms with van der Waals surface area (Å²) >= 11 is 0. The molecule has 19 heteroatoms. The van der Waals surface area contributed by atoms with Crippen LogP contribution in [0.5, 0.6) is 40.2 Å². The summed E-state index contributed by atoms with van der Waals surface area (Å²) in [6, 6.07) is 10.0. The molecule has 0 aliphatic carbocycles. The van der Waals surface area contributed by atoms with E-state index in [1.54, 1.807) is 6.92 Å². The second-order valence-electron chi connectivity index (χ2n) is 12.4. The molecule has 6 rings (SSSR count). The standard InChI is InChI=1S/C34H40NO17P/c1-4-35-27-30(41)28(39)24(52-34(27)46-3)13-47-53(43,44)48-14-25-32(15-5-7-18(37)21(9-15)45-2)50-22-10-16(6-8-20(22)49-25)33-31(42)29(40)26-19(38)11-17(36)12-23(26)51-33/h5-12,24-25,27-28,30-39,41-42H,4,13-14H2,1-3H3,(H,43,44)/t24-,25+,27-,28-,30-,31+,32+,33-,34+/m1/s1. The van der Waals surface area contributed by atoms with E-state index in [1.807, 2.05) is 0 Å². The minimum absolute atomic E-state index is 0.0860. The number of likely N-dealkylation sites (N-methyl/N-ethyl adjacent to an activating group) is 1. The summed E-state index contributed by atoms with van der Waals surface area (Å²) in [6.45, 7) is 0.993. The lowest BCUT2D eigenvalue weighted by Gasteiger charge is -2.42. The Morgan fingerprint density at radius 2 is 1.47 bits per heavy atom. The average molecular weight is 766 g/mol. The van der Waals surface area contributed by atoms with Crippen LogP contribution in [-0.4, -0.2) is 118 Å². The van der Waals surface area contributed by atoms with Crippen molar-refractivity contribution in [1.29, 1.82) is 0 Å². The molecule has 3 aromatic carbocycles. The number of phenolic OH excluding ortho intramolecular Hbond substituents is 3. The van der Waals surface area contributed by atoms with Crippen molar-refractivity contribution in [1.82, 2.24) is 5.32 Å². The van der Waals surface area contributed by atoms with Crippen LogP contribution < -0.4 is 24.3 Å². The molecule has 0 saturated carbocycles. The van der Waals surface area contributed by atoms with Crippen molar-refractivity contribution in [2.24, 2.45) is 0 Å². The number of hydrogen-bond donors (Lipinski definition) is 8. The van der Waals surface area contributed by atoms with Crippen LogP contribution in [0.3, 0.4) is 0 Å². The fourth-order valence-corrected chi connectivity index (χ4v) is 7.11. The smallest absolute Gasteiger partial charge is 0.472 e. The largest absolute Gasteiger partial charge is 0.508 e. The molecule has 0 aromatic heterocycles. The highest BCUT2D eigenvalue weighted by Crippen LogP contribution is 2.48. The number of ketones is 1. The van der Waals surface area contributed by atoms with E-state index in [4.69, 9.17) is 37.5 Å². The number of benzene rings is 3. The first kappa shape index (κ1) is 38.5. The zero-order chi connectivity index (χ0) is 38.2. The number of aliphatic hydroxyl groups is 3. The Kier molecular flexibility index (Phi) is 11.4. The van der Waals surface area contributed by atoms with Gasteiger partial charge in [-0.2, -0.15) is 0 Å². The van der Waals surface area contributed by atoms with Crippen LogP contribution >= 0.6 is 7.82 Å². The first-order valence-corrected chi connectivity index (χ1v) is 17.9. The summed E-state index contributed by atoms with van der Waals surface area (Å²) in [5.41, 5.74) is 0.363. The van der Waals surface area contributed by atoms with E-state index in [1.165, 1.54) is 50.6 Å². The van der Waals surface area contributed by atoms with Gasteiger partial charge in [0.1, 0.15) is 41.1 Å². The minimum atomic E-state index is -4.87. The van der Waals surface area contributed by atoms with Crippen molar-refractivity contribution in [3.63, 3.8) is 0 Å². The van der Waals surface area contributed by atoms with Crippen LogP contribution in [0.2, 0.25) is 0 Å². The molecule has 3 heterocycles. The third-order valence-electron chi connectivity index (χ3n) is 9.00. The van der Waals surface area contributed by atoms with Gasteiger partial charge in [-0.25, -0.2) is 4.57 Å². The Morgan fingerprint density at radius 1 is 0.792 bits per heavy atom. The van der Waals surface area contributed by atoms with Gasteiger partial charge in [-0.1, -0.05) is 19.1 Å². The van der Waals surface area contributed by atoms with Crippen molar-refractivity contribution in [2.75, 3.05) is 34.0 Å². The Hall–Kier alpha value is -4.20. The van der Waals surface area contributed by atoms with Gasteiger partial charge in [0.05, 0.1) is 26.4 Å². The van der Waals surface area contributed by atoms with Crippen molar-refractivity contribution in [3.05, 3.63) is 65.2 Å². The number of rotatable bonds is 12. The number of aliphatic hydroxyl groups excluding tert-OH is 3. The number of carbonyl (C=O) groups excluding carboxylic acids is 1. The Bertz CT molecular complexity index is 1860. The first-order chi connectivity index (χ1) is 25.2. The molecular weight excluding hydrogens is 725 g/mol. The van der Waals surface area contributed by atoms with Gasteiger partial charge in [0.25, 0.3) is 0 Å². The minimum Gasteiger partial charge on any atom is -0.508 e. The van der Waals surface area contributed by atoms with Gasteiger partial charge in [0.2, 0.25) is 5.78 Å². The topological polar surface area (TPSA) is 262 Å². The molecule has 1 fully saturated rings. The molecule has 1 unspecified atom stereocenters. The Morgan fingerprint density at radius 3 is 2.17 bits per heavy atom. The van der Waals surface area contributed by atoms with Crippen molar-refractivity contribution < 1.29 is 82.4 Å². The maximum Gasteiger partial charge on any atom is 0.472 e. The maximum atomic E-state index is 13.1. The van der Waals surface area contributed by atoms with Crippen LogP contribution in [0.25, 0.3) is 0 Å². The number of nitrogens with one attached hydrogen (secondary N) is 1. The van der Waals surface area contributed by atoms with Crippen molar-refractivity contribution in [2.45, 2.75) is 62.0 Å². The summed E-state index contributed by atoms with van der Waals surface area (Å²) in [5.74, 6) is -1.73. The zero-order valence-electron chi connectivity index (χ0n) is 28.6. The monoisotopic (exact) mass is 765 g/mol. The molecule has 0 amide bonds. The van der Waals surface area contributed by atoms with E-state index in [2.05, 4.69) is 5.32 Å². The average Bonchev–Trinajstić information content (AvgIpc) is 3.13.